The molecule has 1 unspecified atom stereocenters. The molecule has 2 rings (SSSR count). The Balaban J connectivity index is 2.42. The molecular weight excluding hydrogens is 193 g/mol. The van der Waals surface area contributed by atoms with E-state index in [1.807, 2.05) is 12.1 Å². The molecule has 0 radical (unpaired) electrons. The lowest BCUT2D eigenvalue weighted by atomic mass is 9.97. The number of alkyl halides is 1. The number of fused-ring (bicyclic) bond motifs is 1. The molecule has 2 nitrogen and oxygen atoms in total. The van der Waals surface area contributed by atoms with E-state index in [1.54, 1.807) is 32.4 Å². The number of benzene rings is 1. The molecule has 0 bridgehead atoms. The maximum absolute atomic E-state index is 14.2. The van der Waals surface area contributed by atoms with Gasteiger partial charge in [0.1, 0.15) is 11.3 Å². The normalized spacial score (nSPS) is 15.4. The molecule has 0 aliphatic heterocycles. The molecule has 15 heavy (non-hydrogen) atoms. The smallest absolute Gasteiger partial charge is 0.145 e. The average molecular weight is 207 g/mol. The first-order valence-corrected chi connectivity index (χ1v) is 4.95. The van der Waals surface area contributed by atoms with Gasteiger partial charge < -0.3 is 9.73 Å². The summed E-state index contributed by atoms with van der Waals surface area (Å²) in [4.78, 5) is 0. The minimum Gasteiger partial charge on any atom is -0.464 e. The maximum atomic E-state index is 14.2. The monoisotopic (exact) mass is 207 g/mol. The number of halogens is 1. The van der Waals surface area contributed by atoms with Crippen molar-refractivity contribution in [2.45, 2.75) is 12.6 Å². The van der Waals surface area contributed by atoms with E-state index in [4.69, 9.17) is 4.42 Å². The Bertz CT molecular complexity index is 461. The second-order valence-corrected chi connectivity index (χ2v) is 3.90. The van der Waals surface area contributed by atoms with Crippen molar-refractivity contribution in [3.8, 4) is 0 Å². The van der Waals surface area contributed by atoms with Crippen LogP contribution in [0, 0.1) is 0 Å². The van der Waals surface area contributed by atoms with Gasteiger partial charge >= 0.3 is 0 Å². The summed E-state index contributed by atoms with van der Waals surface area (Å²) in [5, 5.41) is 3.79. The Kier molecular flexibility index (Phi) is 2.49. The molecule has 0 aliphatic rings. The Labute approximate surface area is 88.1 Å². The molecule has 0 amide bonds. The van der Waals surface area contributed by atoms with Crippen LogP contribution in [-0.4, -0.2) is 13.6 Å². The van der Waals surface area contributed by atoms with E-state index in [0.717, 1.165) is 11.0 Å². The molecule has 0 fully saturated rings. The minimum absolute atomic E-state index is 0.302. The van der Waals surface area contributed by atoms with Gasteiger partial charge in [-0.05, 0) is 37.7 Å². The SMILES string of the molecule is CNCC(C)(F)c1ccc2occc2c1. The lowest BCUT2D eigenvalue weighted by molar-refractivity contribution is 0.191. The summed E-state index contributed by atoms with van der Waals surface area (Å²) in [6.07, 6.45) is 1.61. The second-order valence-electron chi connectivity index (χ2n) is 3.90. The molecule has 2 aromatic rings. The Morgan fingerprint density at radius 1 is 1.40 bits per heavy atom. The summed E-state index contributed by atoms with van der Waals surface area (Å²) < 4.78 is 19.4. The third-order valence-electron chi connectivity index (χ3n) is 2.56. The summed E-state index contributed by atoms with van der Waals surface area (Å²) in [6, 6.07) is 7.24. The Morgan fingerprint density at radius 2 is 2.20 bits per heavy atom. The van der Waals surface area contributed by atoms with Gasteiger partial charge in [0.05, 0.1) is 6.26 Å². The highest BCUT2D eigenvalue weighted by atomic mass is 19.1. The highest BCUT2D eigenvalue weighted by Crippen LogP contribution is 2.28. The predicted molar refractivity (Wildman–Crippen MR) is 58.6 cm³/mol. The van der Waals surface area contributed by atoms with Crippen molar-refractivity contribution in [1.82, 2.24) is 5.32 Å². The van der Waals surface area contributed by atoms with Crippen molar-refractivity contribution in [2.24, 2.45) is 0 Å². The average Bonchev–Trinajstić information content (AvgIpc) is 2.63. The van der Waals surface area contributed by atoms with Crippen molar-refractivity contribution in [3.63, 3.8) is 0 Å². The quantitative estimate of drug-likeness (QED) is 0.837. The van der Waals surface area contributed by atoms with Gasteiger partial charge in [-0.25, -0.2) is 4.39 Å². The van der Waals surface area contributed by atoms with Gasteiger partial charge in [0.25, 0.3) is 0 Å². The fraction of sp³-hybridized carbons (Fsp3) is 0.333. The summed E-state index contributed by atoms with van der Waals surface area (Å²) in [7, 11) is 1.74. The van der Waals surface area contributed by atoms with Crippen molar-refractivity contribution in [2.75, 3.05) is 13.6 Å². The lowest BCUT2D eigenvalue weighted by Gasteiger charge is -2.20. The van der Waals surface area contributed by atoms with E-state index in [2.05, 4.69) is 5.32 Å². The summed E-state index contributed by atoms with van der Waals surface area (Å²) >= 11 is 0. The number of hydrogen-bond acceptors (Lipinski definition) is 2. The molecule has 1 heterocycles. The number of hydrogen-bond donors (Lipinski definition) is 1. The molecule has 1 aromatic carbocycles. The van der Waals surface area contributed by atoms with Crippen LogP contribution in [0.5, 0.6) is 0 Å². The number of rotatable bonds is 3. The van der Waals surface area contributed by atoms with Gasteiger partial charge in [0, 0.05) is 11.9 Å². The highest BCUT2D eigenvalue weighted by Gasteiger charge is 2.25. The van der Waals surface area contributed by atoms with Gasteiger partial charge in [0.2, 0.25) is 0 Å². The van der Waals surface area contributed by atoms with Gasteiger partial charge in [-0.2, -0.15) is 0 Å². The third-order valence-corrected chi connectivity index (χ3v) is 2.56. The molecule has 1 N–H and O–H groups in total. The molecule has 0 spiro atoms. The third kappa shape index (κ3) is 1.88. The largest absolute Gasteiger partial charge is 0.464 e. The van der Waals surface area contributed by atoms with Crippen LogP contribution in [0.3, 0.4) is 0 Å². The van der Waals surface area contributed by atoms with E-state index in [9.17, 15) is 4.39 Å². The molecule has 3 heteroatoms. The maximum Gasteiger partial charge on any atom is 0.145 e. The summed E-state index contributed by atoms with van der Waals surface area (Å²) in [6.45, 7) is 1.88. The predicted octanol–water partition coefficient (Wildman–Crippen LogP) is 2.84. The molecule has 0 saturated heterocycles. The van der Waals surface area contributed by atoms with E-state index in [-0.39, 0.29) is 0 Å². The second kappa shape index (κ2) is 3.66. The van der Waals surface area contributed by atoms with Crippen LogP contribution in [0.15, 0.2) is 34.9 Å². The van der Waals surface area contributed by atoms with Crippen molar-refractivity contribution >= 4 is 11.0 Å². The zero-order valence-electron chi connectivity index (χ0n) is 8.88. The minimum atomic E-state index is -1.35. The van der Waals surface area contributed by atoms with E-state index >= 15 is 0 Å². The van der Waals surface area contributed by atoms with Gasteiger partial charge in [-0.15, -0.1) is 0 Å². The first-order valence-electron chi connectivity index (χ1n) is 4.95. The summed E-state index contributed by atoms with van der Waals surface area (Å²) in [5.41, 5.74) is 0.116. The summed E-state index contributed by atoms with van der Waals surface area (Å²) in [5.74, 6) is 0. The van der Waals surface area contributed by atoms with Crippen LogP contribution in [-0.2, 0) is 5.67 Å². The Hall–Kier alpha value is -1.35. The van der Waals surface area contributed by atoms with Crippen molar-refractivity contribution in [3.05, 3.63) is 36.1 Å². The van der Waals surface area contributed by atoms with Crippen molar-refractivity contribution in [1.29, 1.82) is 0 Å². The standard InChI is InChI=1S/C12H14FNO/c1-12(13,8-14-2)10-3-4-11-9(7-10)5-6-15-11/h3-7,14H,8H2,1-2H3. The van der Waals surface area contributed by atoms with E-state index < -0.39 is 5.67 Å². The molecule has 1 atom stereocenters. The first kappa shape index (κ1) is 10.2. The topological polar surface area (TPSA) is 25.2 Å². The lowest BCUT2D eigenvalue weighted by Crippen LogP contribution is -2.29. The zero-order valence-corrected chi connectivity index (χ0v) is 8.88. The van der Waals surface area contributed by atoms with Crippen molar-refractivity contribution < 1.29 is 8.81 Å². The van der Waals surface area contributed by atoms with Crippen LogP contribution < -0.4 is 5.32 Å². The molecule has 80 valence electrons. The molecule has 0 aliphatic carbocycles. The first-order chi connectivity index (χ1) is 7.13. The van der Waals surface area contributed by atoms with Gasteiger partial charge in [-0.1, -0.05) is 6.07 Å². The molecule has 1 aromatic heterocycles. The van der Waals surface area contributed by atoms with Crippen LogP contribution in [0.2, 0.25) is 0 Å². The zero-order chi connectivity index (χ0) is 10.9. The van der Waals surface area contributed by atoms with E-state index in [1.165, 1.54) is 0 Å². The van der Waals surface area contributed by atoms with Crippen LogP contribution >= 0.6 is 0 Å². The fourth-order valence-electron chi connectivity index (χ4n) is 1.72. The molecular formula is C12H14FNO. The fourth-order valence-corrected chi connectivity index (χ4v) is 1.72. The van der Waals surface area contributed by atoms with Crippen LogP contribution in [0.1, 0.15) is 12.5 Å². The Morgan fingerprint density at radius 3 is 2.93 bits per heavy atom. The van der Waals surface area contributed by atoms with Crippen LogP contribution in [0.25, 0.3) is 11.0 Å². The number of likely N-dealkylation sites (N-methyl/N-ethyl adjacent to an activating group) is 1. The van der Waals surface area contributed by atoms with E-state index in [0.29, 0.717) is 12.1 Å². The molecule has 0 saturated carbocycles. The number of nitrogens with one attached hydrogen (secondary N) is 1. The van der Waals surface area contributed by atoms with Crippen LogP contribution in [0.4, 0.5) is 4.39 Å². The number of furan rings is 1. The van der Waals surface area contributed by atoms with Gasteiger partial charge in [-0.3, -0.25) is 0 Å². The highest BCUT2D eigenvalue weighted by molar-refractivity contribution is 5.77. The van der Waals surface area contributed by atoms with Gasteiger partial charge in [0.15, 0.2) is 0 Å².